The van der Waals surface area contributed by atoms with E-state index in [4.69, 9.17) is 11.6 Å². The Morgan fingerprint density at radius 3 is 2.81 bits per heavy atom. The molecule has 0 aliphatic heterocycles. The summed E-state index contributed by atoms with van der Waals surface area (Å²) < 4.78 is 1.80. The standard InChI is InChI=1S/C13H14ClNO/c1-10-4-2-5-12-11(10)6-7-13(16)15(12)9-3-8-14/h2,4-7H,3,8-9H2,1H3. The van der Waals surface area contributed by atoms with Gasteiger partial charge in [0.25, 0.3) is 5.56 Å². The lowest BCUT2D eigenvalue weighted by Gasteiger charge is -2.10. The molecule has 1 heterocycles. The molecule has 0 aliphatic carbocycles. The van der Waals surface area contributed by atoms with Gasteiger partial charge in [0.05, 0.1) is 5.52 Å². The molecule has 0 saturated carbocycles. The number of alkyl halides is 1. The van der Waals surface area contributed by atoms with E-state index in [0.29, 0.717) is 12.4 Å². The van der Waals surface area contributed by atoms with Crippen molar-refractivity contribution in [1.29, 1.82) is 0 Å². The molecule has 0 saturated heterocycles. The normalized spacial score (nSPS) is 10.9. The third-order valence-electron chi connectivity index (χ3n) is 2.77. The molecule has 0 aliphatic rings. The lowest BCUT2D eigenvalue weighted by atomic mass is 10.1. The fraction of sp³-hybridized carbons (Fsp3) is 0.308. The van der Waals surface area contributed by atoms with Crippen molar-refractivity contribution in [2.75, 3.05) is 5.88 Å². The van der Waals surface area contributed by atoms with Gasteiger partial charge in [-0.05, 0) is 31.0 Å². The zero-order chi connectivity index (χ0) is 11.5. The van der Waals surface area contributed by atoms with Gasteiger partial charge in [0.2, 0.25) is 0 Å². The molecule has 0 N–H and O–H groups in total. The first-order valence-electron chi connectivity index (χ1n) is 5.39. The largest absolute Gasteiger partial charge is 0.308 e. The summed E-state index contributed by atoms with van der Waals surface area (Å²) in [5.41, 5.74) is 2.23. The predicted octanol–water partition coefficient (Wildman–Crippen LogP) is 2.94. The minimum Gasteiger partial charge on any atom is -0.308 e. The third-order valence-corrected chi connectivity index (χ3v) is 3.03. The van der Waals surface area contributed by atoms with Crippen LogP contribution in [0.25, 0.3) is 10.9 Å². The number of benzene rings is 1. The van der Waals surface area contributed by atoms with E-state index in [1.54, 1.807) is 10.6 Å². The summed E-state index contributed by atoms with van der Waals surface area (Å²) in [5.74, 6) is 0.578. The fourth-order valence-corrected chi connectivity index (χ4v) is 2.05. The zero-order valence-corrected chi connectivity index (χ0v) is 10.00. The van der Waals surface area contributed by atoms with Crippen LogP contribution in [-0.2, 0) is 6.54 Å². The highest BCUT2D eigenvalue weighted by Crippen LogP contribution is 2.16. The van der Waals surface area contributed by atoms with Crippen LogP contribution in [0.2, 0.25) is 0 Å². The number of rotatable bonds is 3. The van der Waals surface area contributed by atoms with Crippen molar-refractivity contribution in [1.82, 2.24) is 4.57 Å². The maximum atomic E-state index is 11.8. The van der Waals surface area contributed by atoms with E-state index in [2.05, 4.69) is 13.0 Å². The van der Waals surface area contributed by atoms with Gasteiger partial charge < -0.3 is 4.57 Å². The Morgan fingerprint density at radius 1 is 1.25 bits per heavy atom. The molecule has 0 fully saturated rings. The van der Waals surface area contributed by atoms with Crippen LogP contribution >= 0.6 is 11.6 Å². The Bertz CT molecular complexity index is 559. The predicted molar refractivity (Wildman–Crippen MR) is 68.3 cm³/mol. The number of fused-ring (bicyclic) bond motifs is 1. The lowest BCUT2D eigenvalue weighted by Crippen LogP contribution is -2.19. The molecular weight excluding hydrogens is 222 g/mol. The molecule has 0 unspecified atom stereocenters. The molecule has 0 radical (unpaired) electrons. The molecule has 3 heteroatoms. The van der Waals surface area contributed by atoms with Crippen molar-refractivity contribution in [3.05, 3.63) is 46.2 Å². The molecule has 16 heavy (non-hydrogen) atoms. The molecule has 2 aromatic rings. The SMILES string of the molecule is Cc1cccc2c1ccc(=O)n2CCCCl. The van der Waals surface area contributed by atoms with Gasteiger partial charge in [-0.25, -0.2) is 0 Å². The number of nitrogens with zero attached hydrogens (tertiary/aromatic N) is 1. The maximum Gasteiger partial charge on any atom is 0.251 e. The van der Waals surface area contributed by atoms with Gasteiger partial charge in [-0.1, -0.05) is 12.1 Å². The first-order chi connectivity index (χ1) is 7.74. The summed E-state index contributed by atoms with van der Waals surface area (Å²) in [6.07, 6.45) is 0.814. The monoisotopic (exact) mass is 235 g/mol. The minimum atomic E-state index is 0.0446. The summed E-state index contributed by atoms with van der Waals surface area (Å²) in [6.45, 7) is 2.74. The molecule has 1 aromatic heterocycles. The highest BCUT2D eigenvalue weighted by molar-refractivity contribution is 6.17. The fourth-order valence-electron chi connectivity index (χ4n) is 1.93. The van der Waals surface area contributed by atoms with Crippen LogP contribution < -0.4 is 5.56 Å². The number of aromatic nitrogens is 1. The highest BCUT2D eigenvalue weighted by atomic mass is 35.5. The van der Waals surface area contributed by atoms with Crippen LogP contribution in [-0.4, -0.2) is 10.4 Å². The Morgan fingerprint density at radius 2 is 2.06 bits per heavy atom. The summed E-state index contributed by atoms with van der Waals surface area (Å²) >= 11 is 5.67. The number of aryl methyl sites for hydroxylation is 2. The summed E-state index contributed by atoms with van der Waals surface area (Å²) in [4.78, 5) is 11.8. The second-order valence-electron chi connectivity index (χ2n) is 3.87. The Labute approximate surface area is 99.5 Å². The summed E-state index contributed by atoms with van der Waals surface area (Å²) in [6, 6.07) is 9.54. The van der Waals surface area contributed by atoms with Crippen LogP contribution in [0.1, 0.15) is 12.0 Å². The molecular formula is C13H14ClNO. The van der Waals surface area contributed by atoms with Crippen molar-refractivity contribution in [3.63, 3.8) is 0 Å². The van der Waals surface area contributed by atoms with Gasteiger partial charge in [0, 0.05) is 23.9 Å². The molecule has 84 valence electrons. The van der Waals surface area contributed by atoms with E-state index in [1.165, 1.54) is 5.56 Å². The Hall–Kier alpha value is -1.28. The quantitative estimate of drug-likeness (QED) is 0.750. The van der Waals surface area contributed by atoms with Crippen molar-refractivity contribution >= 4 is 22.5 Å². The van der Waals surface area contributed by atoms with Crippen molar-refractivity contribution in [3.8, 4) is 0 Å². The minimum absolute atomic E-state index is 0.0446. The molecule has 2 rings (SSSR count). The Kier molecular flexibility index (Phi) is 3.30. The molecule has 0 spiro atoms. The van der Waals surface area contributed by atoms with Gasteiger partial charge in [-0.2, -0.15) is 0 Å². The number of halogens is 1. The van der Waals surface area contributed by atoms with Gasteiger partial charge >= 0.3 is 0 Å². The first-order valence-corrected chi connectivity index (χ1v) is 5.92. The molecule has 1 aromatic carbocycles. The van der Waals surface area contributed by atoms with E-state index < -0.39 is 0 Å². The van der Waals surface area contributed by atoms with Gasteiger partial charge in [-0.15, -0.1) is 11.6 Å². The van der Waals surface area contributed by atoms with Gasteiger partial charge in [0.1, 0.15) is 0 Å². The molecule has 0 atom stereocenters. The van der Waals surface area contributed by atoms with Crippen molar-refractivity contribution < 1.29 is 0 Å². The number of pyridine rings is 1. The maximum absolute atomic E-state index is 11.8. The van der Waals surface area contributed by atoms with Gasteiger partial charge in [-0.3, -0.25) is 4.79 Å². The van der Waals surface area contributed by atoms with E-state index >= 15 is 0 Å². The summed E-state index contributed by atoms with van der Waals surface area (Å²) in [7, 11) is 0. The second-order valence-corrected chi connectivity index (χ2v) is 4.25. The molecule has 2 nitrogen and oxygen atoms in total. The second kappa shape index (κ2) is 4.71. The smallest absolute Gasteiger partial charge is 0.251 e. The van der Waals surface area contributed by atoms with E-state index in [-0.39, 0.29) is 5.56 Å². The van der Waals surface area contributed by atoms with Crippen molar-refractivity contribution in [2.45, 2.75) is 19.9 Å². The number of hydrogen-bond acceptors (Lipinski definition) is 1. The topological polar surface area (TPSA) is 22.0 Å². The zero-order valence-electron chi connectivity index (χ0n) is 9.24. The molecule has 0 bridgehead atoms. The molecule has 0 amide bonds. The van der Waals surface area contributed by atoms with Crippen LogP contribution in [0, 0.1) is 6.92 Å². The average Bonchev–Trinajstić information content (AvgIpc) is 2.28. The van der Waals surface area contributed by atoms with Crippen LogP contribution in [0.4, 0.5) is 0 Å². The Balaban J connectivity index is 2.65. The summed E-state index contributed by atoms with van der Waals surface area (Å²) in [5, 5.41) is 1.14. The lowest BCUT2D eigenvalue weighted by molar-refractivity contribution is 0.681. The first kappa shape index (κ1) is 11.2. The number of hydrogen-bond donors (Lipinski definition) is 0. The highest BCUT2D eigenvalue weighted by Gasteiger charge is 2.03. The van der Waals surface area contributed by atoms with E-state index in [1.807, 2.05) is 18.2 Å². The van der Waals surface area contributed by atoms with E-state index in [9.17, 15) is 4.79 Å². The van der Waals surface area contributed by atoms with Crippen LogP contribution in [0.15, 0.2) is 35.1 Å². The van der Waals surface area contributed by atoms with E-state index in [0.717, 1.165) is 17.3 Å². The van der Waals surface area contributed by atoms with Crippen LogP contribution in [0.3, 0.4) is 0 Å². The van der Waals surface area contributed by atoms with Crippen molar-refractivity contribution in [2.24, 2.45) is 0 Å². The average molecular weight is 236 g/mol. The van der Waals surface area contributed by atoms with Crippen LogP contribution in [0.5, 0.6) is 0 Å². The van der Waals surface area contributed by atoms with Gasteiger partial charge in [0.15, 0.2) is 0 Å². The third kappa shape index (κ3) is 1.98.